The number of esters is 1. The fraction of sp³-hybridized carbons (Fsp3) is 0.400. The van der Waals surface area contributed by atoms with Gasteiger partial charge in [-0.2, -0.15) is 0 Å². The Balaban J connectivity index is 2.18. The molecule has 0 amide bonds. The van der Waals surface area contributed by atoms with E-state index in [-0.39, 0.29) is 12.0 Å². The van der Waals surface area contributed by atoms with Crippen molar-refractivity contribution in [2.75, 3.05) is 19.8 Å². The molecular formula is C15H17NO3. The van der Waals surface area contributed by atoms with Gasteiger partial charge in [0.15, 0.2) is 0 Å². The molecule has 0 aliphatic carbocycles. The number of ether oxygens (including phenoxy) is 2. The maximum atomic E-state index is 11.8. The highest BCUT2D eigenvalue weighted by Gasteiger charge is 2.40. The molecule has 4 heteroatoms. The molecule has 100 valence electrons. The van der Waals surface area contributed by atoms with Crippen molar-refractivity contribution in [3.05, 3.63) is 35.9 Å². The molecule has 0 bridgehead atoms. The highest BCUT2D eigenvalue weighted by Crippen LogP contribution is 2.30. The zero-order valence-corrected chi connectivity index (χ0v) is 10.9. The predicted octanol–water partition coefficient (Wildman–Crippen LogP) is 1.58. The fourth-order valence-electron chi connectivity index (χ4n) is 2.22. The van der Waals surface area contributed by atoms with Crippen LogP contribution in [0, 0.1) is 12.3 Å². The van der Waals surface area contributed by atoms with Crippen molar-refractivity contribution in [3.8, 4) is 12.3 Å². The summed E-state index contributed by atoms with van der Waals surface area (Å²) in [6, 6.07) is 9.87. The molecule has 0 aromatic heterocycles. The SMILES string of the molecule is C#CCN1C(C(=O)OCC)OC[C@H]1c1ccccc1. The van der Waals surface area contributed by atoms with E-state index in [9.17, 15) is 4.79 Å². The summed E-state index contributed by atoms with van der Waals surface area (Å²) in [5, 5.41) is 0. The van der Waals surface area contributed by atoms with Gasteiger partial charge >= 0.3 is 5.97 Å². The molecular weight excluding hydrogens is 242 g/mol. The van der Waals surface area contributed by atoms with Gasteiger partial charge in [-0.05, 0) is 12.5 Å². The Morgan fingerprint density at radius 3 is 2.89 bits per heavy atom. The lowest BCUT2D eigenvalue weighted by Crippen LogP contribution is -2.39. The largest absolute Gasteiger partial charge is 0.463 e. The van der Waals surface area contributed by atoms with Gasteiger partial charge in [-0.1, -0.05) is 36.3 Å². The first-order chi connectivity index (χ1) is 9.27. The van der Waals surface area contributed by atoms with Gasteiger partial charge in [0.05, 0.1) is 25.8 Å². The molecule has 19 heavy (non-hydrogen) atoms. The number of rotatable bonds is 4. The van der Waals surface area contributed by atoms with Gasteiger partial charge in [-0.15, -0.1) is 6.42 Å². The van der Waals surface area contributed by atoms with Crippen LogP contribution in [0.3, 0.4) is 0 Å². The lowest BCUT2D eigenvalue weighted by molar-refractivity contribution is -0.160. The van der Waals surface area contributed by atoms with Crippen molar-refractivity contribution in [2.45, 2.75) is 19.2 Å². The van der Waals surface area contributed by atoms with Crippen LogP contribution < -0.4 is 0 Å². The van der Waals surface area contributed by atoms with E-state index in [1.54, 1.807) is 6.92 Å². The molecule has 1 saturated heterocycles. The highest BCUT2D eigenvalue weighted by atomic mass is 16.6. The fourth-order valence-corrected chi connectivity index (χ4v) is 2.22. The van der Waals surface area contributed by atoms with E-state index < -0.39 is 6.23 Å². The number of hydrogen-bond acceptors (Lipinski definition) is 4. The molecule has 1 aromatic carbocycles. The molecule has 2 atom stereocenters. The van der Waals surface area contributed by atoms with Crippen LogP contribution in [0.4, 0.5) is 0 Å². The van der Waals surface area contributed by atoms with Crippen molar-refractivity contribution in [3.63, 3.8) is 0 Å². The van der Waals surface area contributed by atoms with Crippen molar-refractivity contribution in [1.82, 2.24) is 4.90 Å². The van der Waals surface area contributed by atoms with Crippen LogP contribution in [0.2, 0.25) is 0 Å². The second-order valence-electron chi connectivity index (χ2n) is 4.24. The number of benzene rings is 1. The van der Waals surface area contributed by atoms with E-state index in [2.05, 4.69) is 5.92 Å². The molecule has 0 saturated carbocycles. The topological polar surface area (TPSA) is 38.8 Å². The van der Waals surface area contributed by atoms with Crippen molar-refractivity contribution in [1.29, 1.82) is 0 Å². The summed E-state index contributed by atoms with van der Waals surface area (Å²) in [6.07, 6.45) is 4.68. The third-order valence-electron chi connectivity index (χ3n) is 3.06. The van der Waals surface area contributed by atoms with Gasteiger partial charge in [0.2, 0.25) is 6.23 Å². The zero-order chi connectivity index (χ0) is 13.7. The van der Waals surface area contributed by atoms with E-state index in [1.165, 1.54) is 0 Å². The van der Waals surface area contributed by atoms with Crippen LogP contribution in [0.1, 0.15) is 18.5 Å². The van der Waals surface area contributed by atoms with Gasteiger partial charge in [0.1, 0.15) is 0 Å². The molecule has 0 N–H and O–H groups in total. The predicted molar refractivity (Wildman–Crippen MR) is 71.1 cm³/mol. The van der Waals surface area contributed by atoms with E-state index in [1.807, 2.05) is 35.2 Å². The zero-order valence-electron chi connectivity index (χ0n) is 10.9. The Bertz CT molecular complexity index is 466. The molecule has 1 unspecified atom stereocenters. The number of terminal acetylenes is 1. The summed E-state index contributed by atoms with van der Waals surface area (Å²) in [5.41, 5.74) is 1.09. The maximum Gasteiger partial charge on any atom is 0.350 e. The van der Waals surface area contributed by atoms with E-state index in [4.69, 9.17) is 15.9 Å². The number of carbonyl (C=O) groups is 1. The number of nitrogens with zero attached hydrogens (tertiary/aromatic N) is 1. The van der Waals surface area contributed by atoms with Crippen molar-refractivity contribution >= 4 is 5.97 Å². The summed E-state index contributed by atoms with van der Waals surface area (Å²) in [6.45, 7) is 2.89. The summed E-state index contributed by atoms with van der Waals surface area (Å²) >= 11 is 0. The third-order valence-corrected chi connectivity index (χ3v) is 3.06. The molecule has 0 radical (unpaired) electrons. The van der Waals surface area contributed by atoms with Crippen molar-refractivity contribution < 1.29 is 14.3 Å². The summed E-state index contributed by atoms with van der Waals surface area (Å²) in [4.78, 5) is 13.7. The smallest absolute Gasteiger partial charge is 0.350 e. The third kappa shape index (κ3) is 2.95. The number of hydrogen-bond donors (Lipinski definition) is 0. The van der Waals surface area contributed by atoms with Crippen LogP contribution in [-0.4, -0.2) is 36.9 Å². The Labute approximate surface area is 113 Å². The molecule has 1 aromatic rings. The van der Waals surface area contributed by atoms with Crippen LogP contribution in [0.25, 0.3) is 0 Å². The Morgan fingerprint density at radius 2 is 2.26 bits per heavy atom. The summed E-state index contributed by atoms with van der Waals surface area (Å²) < 4.78 is 10.6. The average molecular weight is 259 g/mol. The lowest BCUT2D eigenvalue weighted by atomic mass is 10.1. The van der Waals surface area contributed by atoms with Gasteiger partial charge in [-0.3, -0.25) is 0 Å². The van der Waals surface area contributed by atoms with Gasteiger partial charge in [0.25, 0.3) is 0 Å². The standard InChI is InChI=1S/C15H17NO3/c1-3-10-16-13(12-8-6-5-7-9-12)11-19-14(16)15(17)18-4-2/h1,5-9,13-14H,4,10-11H2,2H3/t13-,14?/m0/s1. The molecule has 2 rings (SSSR count). The normalized spacial score (nSPS) is 22.9. The average Bonchev–Trinajstić information content (AvgIpc) is 2.84. The first-order valence-electron chi connectivity index (χ1n) is 6.30. The second-order valence-corrected chi connectivity index (χ2v) is 4.24. The second kappa shape index (κ2) is 6.37. The van der Waals surface area contributed by atoms with Crippen LogP contribution in [0.5, 0.6) is 0 Å². The van der Waals surface area contributed by atoms with E-state index >= 15 is 0 Å². The molecule has 0 spiro atoms. The minimum absolute atomic E-state index is 0.00773. The molecule has 1 fully saturated rings. The molecule has 1 aliphatic heterocycles. The number of carbonyl (C=O) groups excluding carboxylic acids is 1. The van der Waals surface area contributed by atoms with Gasteiger partial charge in [0, 0.05) is 0 Å². The molecule has 1 heterocycles. The Hall–Kier alpha value is -1.83. The minimum Gasteiger partial charge on any atom is -0.463 e. The van der Waals surface area contributed by atoms with Crippen molar-refractivity contribution in [2.24, 2.45) is 0 Å². The maximum absolute atomic E-state index is 11.8. The van der Waals surface area contributed by atoms with E-state index in [0.29, 0.717) is 19.8 Å². The van der Waals surface area contributed by atoms with Crippen LogP contribution >= 0.6 is 0 Å². The molecule has 1 aliphatic rings. The lowest BCUT2D eigenvalue weighted by Gasteiger charge is -2.24. The highest BCUT2D eigenvalue weighted by molar-refractivity contribution is 5.74. The van der Waals surface area contributed by atoms with Crippen LogP contribution in [-0.2, 0) is 14.3 Å². The van der Waals surface area contributed by atoms with Crippen LogP contribution in [0.15, 0.2) is 30.3 Å². The molecule has 4 nitrogen and oxygen atoms in total. The first kappa shape index (κ1) is 13.6. The van der Waals surface area contributed by atoms with Gasteiger partial charge < -0.3 is 9.47 Å². The minimum atomic E-state index is -0.707. The quantitative estimate of drug-likeness (QED) is 0.608. The first-order valence-corrected chi connectivity index (χ1v) is 6.30. The summed E-state index contributed by atoms with van der Waals surface area (Å²) in [5.74, 6) is 2.20. The Morgan fingerprint density at radius 1 is 1.53 bits per heavy atom. The monoisotopic (exact) mass is 259 g/mol. The van der Waals surface area contributed by atoms with E-state index in [0.717, 1.165) is 5.56 Å². The summed E-state index contributed by atoms with van der Waals surface area (Å²) in [7, 11) is 0. The Kier molecular flexibility index (Phi) is 4.56. The van der Waals surface area contributed by atoms with Gasteiger partial charge in [-0.25, -0.2) is 9.69 Å².